The molecule has 0 fully saturated rings. The zero-order chi connectivity index (χ0) is 12.3. The Morgan fingerprint density at radius 3 is 2.62 bits per heavy atom. The van der Waals surface area contributed by atoms with Gasteiger partial charge >= 0.3 is 6.18 Å². The molecule has 0 aliphatic heterocycles. The van der Waals surface area contributed by atoms with Crippen LogP contribution >= 0.6 is 11.6 Å². The second-order valence-electron chi connectivity index (χ2n) is 2.72. The van der Waals surface area contributed by atoms with Crippen LogP contribution < -0.4 is 4.74 Å². The topological polar surface area (TPSA) is 45.9 Å². The van der Waals surface area contributed by atoms with Gasteiger partial charge in [0.2, 0.25) is 5.88 Å². The maximum absolute atomic E-state index is 12.5. The van der Waals surface area contributed by atoms with Gasteiger partial charge in [-0.25, -0.2) is 4.98 Å². The average Bonchev–Trinajstić information content (AvgIpc) is 2.16. The summed E-state index contributed by atoms with van der Waals surface area (Å²) in [7, 11) is 0. The van der Waals surface area contributed by atoms with Crippen molar-refractivity contribution in [3.05, 3.63) is 22.3 Å². The first-order valence-electron chi connectivity index (χ1n) is 4.20. The van der Waals surface area contributed by atoms with E-state index in [0.717, 1.165) is 0 Å². The molecule has 1 rings (SSSR count). The summed E-state index contributed by atoms with van der Waals surface area (Å²) in [5, 5.41) is 8.05. The van der Waals surface area contributed by atoms with Gasteiger partial charge in [-0.3, -0.25) is 0 Å². The van der Waals surface area contributed by atoms with Crippen LogP contribution in [0.4, 0.5) is 13.2 Å². The highest BCUT2D eigenvalue weighted by Gasteiger charge is 2.36. The van der Waals surface area contributed by atoms with E-state index in [1.807, 2.05) is 0 Å². The van der Waals surface area contributed by atoms with Gasteiger partial charge in [-0.1, -0.05) is 11.6 Å². The number of hydrogen-bond acceptors (Lipinski definition) is 3. The first-order valence-corrected chi connectivity index (χ1v) is 4.58. The molecule has 1 aromatic rings. The van der Waals surface area contributed by atoms with Crippen LogP contribution in [0, 0.1) is 11.3 Å². The summed E-state index contributed by atoms with van der Waals surface area (Å²) >= 11 is 5.46. The highest BCUT2D eigenvalue weighted by Crippen LogP contribution is 2.35. The molecule has 0 radical (unpaired) electrons. The van der Waals surface area contributed by atoms with Crippen molar-refractivity contribution in [2.75, 3.05) is 6.61 Å². The SMILES string of the molecule is CCOc1cc(C(F)(F)F)c(C#N)c(Cl)n1. The molecule has 0 aliphatic carbocycles. The molecule has 3 nitrogen and oxygen atoms in total. The molecule has 0 unspecified atom stereocenters. The lowest BCUT2D eigenvalue weighted by Crippen LogP contribution is -2.10. The zero-order valence-electron chi connectivity index (χ0n) is 8.10. The van der Waals surface area contributed by atoms with E-state index in [1.165, 1.54) is 6.07 Å². The summed E-state index contributed by atoms with van der Waals surface area (Å²) < 4.78 is 42.4. The van der Waals surface area contributed by atoms with Crippen LogP contribution in [0.3, 0.4) is 0 Å². The van der Waals surface area contributed by atoms with E-state index >= 15 is 0 Å². The smallest absolute Gasteiger partial charge is 0.417 e. The lowest BCUT2D eigenvalue weighted by Gasteiger charge is -2.11. The molecule has 0 bridgehead atoms. The van der Waals surface area contributed by atoms with Gasteiger partial charge < -0.3 is 4.74 Å². The number of nitrogens with zero attached hydrogens (tertiary/aromatic N) is 2. The second-order valence-corrected chi connectivity index (χ2v) is 3.07. The van der Waals surface area contributed by atoms with Gasteiger partial charge in [-0.2, -0.15) is 18.4 Å². The van der Waals surface area contributed by atoms with Gasteiger partial charge in [0, 0.05) is 6.07 Å². The van der Waals surface area contributed by atoms with Crippen LogP contribution in [0.5, 0.6) is 5.88 Å². The average molecular weight is 251 g/mol. The fourth-order valence-corrected chi connectivity index (χ4v) is 1.27. The molecule has 0 aliphatic rings. The normalized spacial score (nSPS) is 11.0. The van der Waals surface area contributed by atoms with Crippen molar-refractivity contribution >= 4 is 11.6 Å². The molecule has 0 spiro atoms. The van der Waals surface area contributed by atoms with Crippen LogP contribution in [-0.4, -0.2) is 11.6 Å². The first-order chi connectivity index (χ1) is 7.40. The lowest BCUT2D eigenvalue weighted by molar-refractivity contribution is -0.138. The summed E-state index contributed by atoms with van der Waals surface area (Å²) in [6.07, 6.45) is -4.66. The Bertz CT molecular complexity index is 440. The van der Waals surface area contributed by atoms with E-state index in [2.05, 4.69) is 4.98 Å². The Kier molecular flexibility index (Phi) is 3.60. The molecule has 0 N–H and O–H groups in total. The van der Waals surface area contributed by atoms with E-state index in [9.17, 15) is 13.2 Å². The van der Waals surface area contributed by atoms with Crippen molar-refractivity contribution in [3.8, 4) is 11.9 Å². The Morgan fingerprint density at radius 1 is 1.56 bits per heavy atom. The summed E-state index contributed by atoms with van der Waals surface area (Å²) in [4.78, 5) is 3.53. The quantitative estimate of drug-likeness (QED) is 0.758. The van der Waals surface area contributed by atoms with E-state index in [-0.39, 0.29) is 12.5 Å². The number of halogens is 4. The van der Waals surface area contributed by atoms with Crippen molar-refractivity contribution in [1.29, 1.82) is 5.26 Å². The minimum absolute atomic E-state index is 0.159. The van der Waals surface area contributed by atoms with E-state index in [0.29, 0.717) is 6.07 Å². The van der Waals surface area contributed by atoms with Gasteiger partial charge in [-0.05, 0) is 6.92 Å². The van der Waals surface area contributed by atoms with Crippen molar-refractivity contribution in [2.45, 2.75) is 13.1 Å². The molecule has 7 heteroatoms. The van der Waals surface area contributed by atoms with Crippen LogP contribution in [0.2, 0.25) is 5.15 Å². The van der Waals surface area contributed by atoms with Crippen LogP contribution in [0.1, 0.15) is 18.1 Å². The molecule has 0 aromatic carbocycles. The Balaban J connectivity index is 3.39. The minimum atomic E-state index is -4.66. The van der Waals surface area contributed by atoms with Gasteiger partial charge in [0.15, 0.2) is 5.15 Å². The number of alkyl halides is 3. The molecule has 16 heavy (non-hydrogen) atoms. The van der Waals surface area contributed by atoms with Crippen molar-refractivity contribution in [3.63, 3.8) is 0 Å². The molecule has 0 saturated heterocycles. The molecule has 1 heterocycles. The number of aromatic nitrogens is 1. The van der Waals surface area contributed by atoms with Gasteiger partial charge in [-0.15, -0.1) is 0 Å². The molecule has 86 valence electrons. The third kappa shape index (κ3) is 2.55. The summed E-state index contributed by atoms with van der Waals surface area (Å²) in [6, 6.07) is 2.03. The highest BCUT2D eigenvalue weighted by atomic mass is 35.5. The summed E-state index contributed by atoms with van der Waals surface area (Å²) in [6.45, 7) is 1.76. The fourth-order valence-electron chi connectivity index (χ4n) is 1.04. The lowest BCUT2D eigenvalue weighted by atomic mass is 10.1. The molecule has 1 aromatic heterocycles. The van der Waals surface area contributed by atoms with E-state index in [4.69, 9.17) is 21.6 Å². The Hall–Kier alpha value is -1.48. The van der Waals surface area contributed by atoms with Crippen molar-refractivity contribution in [1.82, 2.24) is 4.98 Å². The largest absolute Gasteiger partial charge is 0.478 e. The summed E-state index contributed by atoms with van der Waals surface area (Å²) in [5.74, 6) is -0.251. The molecular weight excluding hydrogens is 245 g/mol. The van der Waals surface area contributed by atoms with Crippen molar-refractivity contribution in [2.24, 2.45) is 0 Å². The zero-order valence-corrected chi connectivity index (χ0v) is 8.85. The maximum atomic E-state index is 12.5. The third-order valence-corrected chi connectivity index (χ3v) is 1.93. The van der Waals surface area contributed by atoms with Crippen molar-refractivity contribution < 1.29 is 17.9 Å². The monoisotopic (exact) mass is 250 g/mol. The third-order valence-electron chi connectivity index (χ3n) is 1.66. The first kappa shape index (κ1) is 12.6. The number of pyridine rings is 1. The van der Waals surface area contributed by atoms with Crippen LogP contribution in [0.25, 0.3) is 0 Å². The van der Waals surface area contributed by atoms with Gasteiger partial charge in [0.1, 0.15) is 11.6 Å². The molecular formula is C9H6ClF3N2O. The number of hydrogen-bond donors (Lipinski definition) is 0. The van der Waals surface area contributed by atoms with Gasteiger partial charge in [0.05, 0.1) is 12.2 Å². The van der Waals surface area contributed by atoms with E-state index < -0.39 is 22.5 Å². The highest BCUT2D eigenvalue weighted by molar-refractivity contribution is 6.30. The van der Waals surface area contributed by atoms with Gasteiger partial charge in [0.25, 0.3) is 0 Å². The molecule has 0 saturated carbocycles. The Labute approximate surface area is 94.4 Å². The number of nitriles is 1. The van der Waals surface area contributed by atoms with Crippen LogP contribution in [0.15, 0.2) is 6.07 Å². The predicted molar refractivity (Wildman–Crippen MR) is 50.1 cm³/mol. The second kappa shape index (κ2) is 4.58. The van der Waals surface area contributed by atoms with E-state index in [1.54, 1.807) is 6.92 Å². The Morgan fingerprint density at radius 2 is 2.19 bits per heavy atom. The van der Waals surface area contributed by atoms with Crippen LogP contribution in [-0.2, 0) is 6.18 Å². The summed E-state index contributed by atoms with van der Waals surface area (Å²) in [5.41, 5.74) is -1.84. The number of ether oxygens (including phenoxy) is 1. The molecule has 0 atom stereocenters. The fraction of sp³-hybridized carbons (Fsp3) is 0.333. The predicted octanol–water partition coefficient (Wildman–Crippen LogP) is 3.02. The number of rotatable bonds is 2. The minimum Gasteiger partial charge on any atom is -0.478 e. The molecule has 0 amide bonds. The maximum Gasteiger partial charge on any atom is 0.417 e. The standard InChI is InChI=1S/C9H6ClF3N2O/c1-2-16-7-3-6(9(11,12)13)5(4-14)8(10)15-7/h3H,2H2,1H3.